The largest absolute Gasteiger partial charge is 0.352 e. The van der Waals surface area contributed by atoms with E-state index in [0.29, 0.717) is 5.69 Å². The minimum Gasteiger partial charge on any atom is -0.352 e. The molecule has 3 fully saturated rings. The molecule has 2 aliphatic carbocycles. The van der Waals surface area contributed by atoms with Crippen molar-refractivity contribution in [3.63, 3.8) is 0 Å². The Morgan fingerprint density at radius 1 is 1.04 bits per heavy atom. The molecule has 5 heteroatoms. The van der Waals surface area contributed by atoms with E-state index in [4.69, 9.17) is 0 Å². The highest BCUT2D eigenvalue weighted by atomic mass is 15.3. The number of hydrogen-bond donors (Lipinski definition) is 0. The quantitative estimate of drug-likeness (QED) is 0.857. The molecule has 2 saturated carbocycles. The smallest absolute Gasteiger partial charge is 0.183 e. The molecule has 23 heavy (non-hydrogen) atoms. The van der Waals surface area contributed by atoms with Gasteiger partial charge in [0.2, 0.25) is 0 Å². The van der Waals surface area contributed by atoms with E-state index in [1.165, 1.54) is 38.6 Å². The van der Waals surface area contributed by atoms with Gasteiger partial charge in [-0.15, -0.1) is 0 Å². The zero-order valence-corrected chi connectivity index (χ0v) is 13.7. The van der Waals surface area contributed by atoms with Crippen LogP contribution >= 0.6 is 0 Å². The number of piperazine rings is 1. The van der Waals surface area contributed by atoms with Crippen molar-refractivity contribution >= 4 is 5.82 Å². The Morgan fingerprint density at radius 2 is 1.83 bits per heavy atom. The van der Waals surface area contributed by atoms with Gasteiger partial charge in [-0.05, 0) is 37.0 Å². The number of nitrogens with zero attached hydrogens (tertiary/aromatic N) is 5. The van der Waals surface area contributed by atoms with Crippen molar-refractivity contribution in [2.75, 3.05) is 37.6 Å². The zero-order valence-electron chi connectivity index (χ0n) is 13.7. The second kappa shape index (κ2) is 6.45. The predicted molar refractivity (Wildman–Crippen MR) is 89.0 cm³/mol. The van der Waals surface area contributed by atoms with E-state index >= 15 is 0 Å². The van der Waals surface area contributed by atoms with Gasteiger partial charge in [-0.1, -0.05) is 12.8 Å². The summed E-state index contributed by atoms with van der Waals surface area (Å²) in [7, 11) is 0. The van der Waals surface area contributed by atoms with Crippen molar-refractivity contribution in [3.05, 3.63) is 18.1 Å². The van der Waals surface area contributed by atoms with Crippen LogP contribution in [-0.4, -0.2) is 47.6 Å². The molecule has 5 nitrogen and oxygen atoms in total. The van der Waals surface area contributed by atoms with Crippen molar-refractivity contribution in [1.82, 2.24) is 14.9 Å². The molecular weight excluding hydrogens is 286 g/mol. The van der Waals surface area contributed by atoms with Gasteiger partial charge in [-0.3, -0.25) is 4.90 Å². The highest BCUT2D eigenvalue weighted by Crippen LogP contribution is 2.45. The summed E-state index contributed by atoms with van der Waals surface area (Å²) in [6.45, 7) is 5.33. The van der Waals surface area contributed by atoms with Crippen LogP contribution in [0.25, 0.3) is 0 Å². The zero-order chi connectivity index (χ0) is 15.6. The van der Waals surface area contributed by atoms with E-state index in [1.807, 2.05) is 0 Å². The molecule has 1 aromatic rings. The van der Waals surface area contributed by atoms with Crippen molar-refractivity contribution in [2.45, 2.75) is 32.1 Å². The van der Waals surface area contributed by atoms with Gasteiger partial charge in [0.25, 0.3) is 0 Å². The summed E-state index contributed by atoms with van der Waals surface area (Å²) in [5.41, 5.74) is 0.449. The maximum Gasteiger partial charge on any atom is 0.183 e. The predicted octanol–water partition coefficient (Wildman–Crippen LogP) is 2.30. The van der Waals surface area contributed by atoms with Gasteiger partial charge >= 0.3 is 0 Å². The Balaban J connectivity index is 1.33. The highest BCUT2D eigenvalue weighted by molar-refractivity contribution is 5.49. The lowest BCUT2D eigenvalue weighted by Crippen LogP contribution is -2.49. The lowest BCUT2D eigenvalue weighted by atomic mass is 9.79. The molecule has 122 valence electrons. The molecule has 0 N–H and O–H groups in total. The molecule has 4 rings (SSSR count). The molecular formula is C18H25N5. The Morgan fingerprint density at radius 3 is 2.65 bits per heavy atom. The fraction of sp³-hybridized carbons (Fsp3) is 0.722. The number of aromatic nitrogens is 2. The van der Waals surface area contributed by atoms with Crippen LogP contribution in [-0.2, 0) is 0 Å². The van der Waals surface area contributed by atoms with Crippen LogP contribution in [0.5, 0.6) is 0 Å². The number of nitriles is 1. The third-order valence-electron chi connectivity index (χ3n) is 6.14. The second-order valence-electron chi connectivity index (χ2n) is 7.40. The Bertz CT molecular complexity index is 587. The Hall–Kier alpha value is -1.67. The maximum atomic E-state index is 9.19. The first-order chi connectivity index (χ1) is 11.3. The molecule has 2 bridgehead atoms. The summed E-state index contributed by atoms with van der Waals surface area (Å²) in [6.07, 6.45) is 10.6. The molecule has 3 unspecified atom stereocenters. The molecule has 3 atom stereocenters. The SMILES string of the molecule is N#Cc1nccnc1N1CCN(CC2CCC3CCC2C3)CC1. The first kappa shape index (κ1) is 14.9. The van der Waals surface area contributed by atoms with Crippen molar-refractivity contribution in [1.29, 1.82) is 5.26 Å². The van der Waals surface area contributed by atoms with Gasteiger partial charge in [-0.2, -0.15) is 5.26 Å². The van der Waals surface area contributed by atoms with Gasteiger partial charge in [-0.25, -0.2) is 9.97 Å². The van der Waals surface area contributed by atoms with Crippen molar-refractivity contribution < 1.29 is 0 Å². The van der Waals surface area contributed by atoms with Crippen LogP contribution in [0.4, 0.5) is 5.82 Å². The average molecular weight is 311 g/mol. The van der Waals surface area contributed by atoms with Gasteiger partial charge in [0.1, 0.15) is 6.07 Å². The fourth-order valence-corrected chi connectivity index (χ4v) is 4.84. The summed E-state index contributed by atoms with van der Waals surface area (Å²) in [5, 5.41) is 9.19. The molecule has 3 aliphatic rings. The van der Waals surface area contributed by atoms with E-state index in [0.717, 1.165) is 49.8 Å². The van der Waals surface area contributed by atoms with Crippen molar-refractivity contribution in [2.24, 2.45) is 17.8 Å². The minimum atomic E-state index is 0.449. The molecule has 2 heterocycles. The van der Waals surface area contributed by atoms with Gasteiger partial charge < -0.3 is 4.90 Å². The van der Waals surface area contributed by atoms with Crippen LogP contribution in [0, 0.1) is 29.1 Å². The maximum absolute atomic E-state index is 9.19. The lowest BCUT2D eigenvalue weighted by Gasteiger charge is -2.39. The van der Waals surface area contributed by atoms with Crippen LogP contribution < -0.4 is 4.90 Å². The summed E-state index contributed by atoms with van der Waals surface area (Å²) in [4.78, 5) is 13.3. The number of fused-ring (bicyclic) bond motifs is 2. The van der Waals surface area contributed by atoms with Gasteiger partial charge in [0, 0.05) is 45.1 Å². The topological polar surface area (TPSA) is 56.1 Å². The summed E-state index contributed by atoms with van der Waals surface area (Å²) >= 11 is 0. The standard InChI is InChI=1S/C18H25N5/c19-12-17-18(21-6-5-20-17)23-9-7-22(8-10-23)13-16-4-2-14-1-3-15(16)11-14/h5-6,14-16H,1-4,7-11,13H2. The normalized spacial score (nSPS) is 31.1. The monoisotopic (exact) mass is 311 g/mol. The summed E-state index contributed by atoms with van der Waals surface area (Å²) in [6, 6.07) is 2.16. The first-order valence-electron chi connectivity index (χ1n) is 9.02. The molecule has 1 aliphatic heterocycles. The fourth-order valence-electron chi connectivity index (χ4n) is 4.84. The molecule has 0 aromatic carbocycles. The second-order valence-corrected chi connectivity index (χ2v) is 7.40. The third kappa shape index (κ3) is 3.05. The number of anilines is 1. The molecule has 0 amide bonds. The molecule has 1 aromatic heterocycles. The van der Waals surface area contributed by atoms with Crippen molar-refractivity contribution in [3.8, 4) is 6.07 Å². The van der Waals surface area contributed by atoms with E-state index in [1.54, 1.807) is 12.4 Å². The summed E-state index contributed by atoms with van der Waals surface area (Å²) < 4.78 is 0. The van der Waals surface area contributed by atoms with Crippen LogP contribution in [0.2, 0.25) is 0 Å². The molecule has 0 radical (unpaired) electrons. The first-order valence-corrected chi connectivity index (χ1v) is 9.02. The average Bonchev–Trinajstić information content (AvgIpc) is 3.00. The van der Waals surface area contributed by atoms with Gasteiger partial charge in [0.15, 0.2) is 11.5 Å². The van der Waals surface area contributed by atoms with Crippen LogP contribution in [0.1, 0.15) is 37.8 Å². The Labute approximate surface area is 138 Å². The minimum absolute atomic E-state index is 0.449. The number of hydrogen-bond acceptors (Lipinski definition) is 5. The van der Waals surface area contributed by atoms with Crippen LogP contribution in [0.15, 0.2) is 12.4 Å². The van der Waals surface area contributed by atoms with E-state index in [9.17, 15) is 5.26 Å². The molecule has 1 saturated heterocycles. The molecule has 0 spiro atoms. The Kier molecular flexibility index (Phi) is 4.17. The van der Waals surface area contributed by atoms with E-state index in [2.05, 4.69) is 25.8 Å². The lowest BCUT2D eigenvalue weighted by molar-refractivity contribution is 0.151. The van der Waals surface area contributed by atoms with E-state index in [-0.39, 0.29) is 0 Å². The third-order valence-corrected chi connectivity index (χ3v) is 6.14. The highest BCUT2D eigenvalue weighted by Gasteiger charge is 2.36. The van der Waals surface area contributed by atoms with Gasteiger partial charge in [0.05, 0.1) is 0 Å². The van der Waals surface area contributed by atoms with Crippen LogP contribution in [0.3, 0.4) is 0 Å². The summed E-state index contributed by atoms with van der Waals surface area (Å²) in [5.74, 6) is 3.73. The number of rotatable bonds is 3. The van der Waals surface area contributed by atoms with E-state index < -0.39 is 0 Å².